The molecule has 1 unspecified atom stereocenters. The summed E-state index contributed by atoms with van der Waals surface area (Å²) < 4.78 is 9.68. The van der Waals surface area contributed by atoms with Crippen LogP contribution in [0.5, 0.6) is 0 Å². The number of hydrogen-bond acceptors (Lipinski definition) is 3. The number of amides is 1. The van der Waals surface area contributed by atoms with Crippen molar-refractivity contribution < 1.29 is 14.3 Å². The second-order valence-corrected chi connectivity index (χ2v) is 2.57. The minimum atomic E-state index is -0.716. The Labute approximate surface area is 79.6 Å². The van der Waals surface area contributed by atoms with Crippen molar-refractivity contribution in [2.45, 2.75) is 33.0 Å². The highest BCUT2D eigenvalue weighted by Gasteiger charge is 2.06. The van der Waals surface area contributed by atoms with Crippen molar-refractivity contribution in [2.75, 3.05) is 13.2 Å². The van der Waals surface area contributed by atoms with Gasteiger partial charge in [-0.3, -0.25) is 0 Å². The monoisotopic (exact) mass is 188 g/mol. The summed E-state index contributed by atoms with van der Waals surface area (Å²) in [5.74, 6) is 0. The highest BCUT2D eigenvalue weighted by Crippen LogP contribution is 1.93. The van der Waals surface area contributed by atoms with Crippen LogP contribution in [0.2, 0.25) is 0 Å². The lowest BCUT2D eigenvalue weighted by molar-refractivity contribution is -0.0690. The van der Waals surface area contributed by atoms with Crippen LogP contribution in [0.4, 0.5) is 4.79 Å². The lowest BCUT2D eigenvalue weighted by Gasteiger charge is -2.12. The molecule has 1 radical (unpaired) electrons. The van der Waals surface area contributed by atoms with Gasteiger partial charge in [-0.25, -0.2) is 4.79 Å². The van der Waals surface area contributed by atoms with Gasteiger partial charge >= 0.3 is 6.09 Å². The van der Waals surface area contributed by atoms with E-state index in [1.807, 2.05) is 6.92 Å². The summed E-state index contributed by atoms with van der Waals surface area (Å²) >= 11 is 0. The lowest BCUT2D eigenvalue weighted by atomic mass is 10.3. The van der Waals surface area contributed by atoms with Crippen LogP contribution >= 0.6 is 0 Å². The molecule has 0 bridgehead atoms. The number of unbranched alkanes of at least 4 members (excludes halogenated alkanes) is 1. The zero-order valence-electron chi connectivity index (χ0n) is 8.34. The zero-order chi connectivity index (χ0) is 10.1. The van der Waals surface area contributed by atoms with Crippen LogP contribution in [0.15, 0.2) is 0 Å². The van der Waals surface area contributed by atoms with E-state index in [0.717, 1.165) is 12.8 Å². The normalized spacial score (nSPS) is 12.2. The summed E-state index contributed by atoms with van der Waals surface area (Å²) in [6.45, 7) is 8.48. The third-order valence-corrected chi connectivity index (χ3v) is 1.39. The van der Waals surface area contributed by atoms with Gasteiger partial charge < -0.3 is 14.8 Å². The third kappa shape index (κ3) is 7.59. The van der Waals surface area contributed by atoms with E-state index in [9.17, 15) is 4.79 Å². The van der Waals surface area contributed by atoms with Gasteiger partial charge in [-0.1, -0.05) is 13.3 Å². The standard InChI is InChI=1S/C9H18NO3/c1-4-6-7-10-9(11)13-8(3)12-5-2/h8H,3-7H2,1-2H3,(H,10,11). The second kappa shape index (κ2) is 7.86. The molecule has 1 N–H and O–H groups in total. The van der Waals surface area contributed by atoms with Crippen molar-refractivity contribution in [3.63, 3.8) is 0 Å². The van der Waals surface area contributed by atoms with Gasteiger partial charge in [0.05, 0.1) is 0 Å². The van der Waals surface area contributed by atoms with Crippen LogP contribution in [0.25, 0.3) is 0 Å². The van der Waals surface area contributed by atoms with Crippen molar-refractivity contribution in [3.8, 4) is 0 Å². The zero-order valence-corrected chi connectivity index (χ0v) is 8.34. The Morgan fingerprint density at radius 3 is 2.77 bits per heavy atom. The molecule has 0 saturated carbocycles. The molecule has 0 aromatic carbocycles. The van der Waals surface area contributed by atoms with Gasteiger partial charge in [0, 0.05) is 20.1 Å². The first-order valence-electron chi connectivity index (χ1n) is 4.59. The molecule has 0 saturated heterocycles. The summed E-state index contributed by atoms with van der Waals surface area (Å²) in [5, 5.41) is 2.59. The van der Waals surface area contributed by atoms with Crippen LogP contribution in [-0.2, 0) is 9.47 Å². The number of ether oxygens (including phenoxy) is 2. The molecule has 4 nitrogen and oxygen atoms in total. The Balaban J connectivity index is 3.38. The fourth-order valence-electron chi connectivity index (χ4n) is 0.748. The predicted molar refractivity (Wildman–Crippen MR) is 50.2 cm³/mol. The molecule has 0 spiro atoms. The van der Waals surface area contributed by atoms with E-state index >= 15 is 0 Å². The van der Waals surface area contributed by atoms with Crippen molar-refractivity contribution >= 4 is 6.09 Å². The molecule has 0 fully saturated rings. The van der Waals surface area contributed by atoms with Crippen molar-refractivity contribution in [1.29, 1.82) is 0 Å². The molecule has 4 heteroatoms. The summed E-state index contributed by atoms with van der Waals surface area (Å²) in [7, 11) is 0. The van der Waals surface area contributed by atoms with Crippen molar-refractivity contribution in [1.82, 2.24) is 5.32 Å². The molecule has 0 aliphatic rings. The minimum Gasteiger partial charge on any atom is -0.420 e. The minimum absolute atomic E-state index is 0.470. The van der Waals surface area contributed by atoms with Crippen LogP contribution < -0.4 is 5.32 Å². The summed E-state index contributed by atoms with van der Waals surface area (Å²) in [4.78, 5) is 10.9. The molecule has 0 aromatic heterocycles. The maximum absolute atomic E-state index is 10.9. The van der Waals surface area contributed by atoms with Gasteiger partial charge in [-0.2, -0.15) is 0 Å². The van der Waals surface area contributed by atoms with E-state index < -0.39 is 12.4 Å². The molecular formula is C9H18NO3. The van der Waals surface area contributed by atoms with E-state index in [1.54, 1.807) is 0 Å². The number of alkyl carbamates (subject to hydrolysis) is 1. The predicted octanol–water partition coefficient (Wildman–Crippen LogP) is 1.71. The quantitative estimate of drug-likeness (QED) is 0.510. The first-order valence-corrected chi connectivity index (χ1v) is 4.59. The number of nitrogens with one attached hydrogen (secondary N) is 1. The van der Waals surface area contributed by atoms with Gasteiger partial charge in [-0.15, -0.1) is 0 Å². The molecule has 0 aliphatic heterocycles. The van der Waals surface area contributed by atoms with Gasteiger partial charge in [0.2, 0.25) is 6.29 Å². The maximum atomic E-state index is 10.9. The molecule has 0 aliphatic carbocycles. The average Bonchev–Trinajstić information content (AvgIpc) is 2.05. The van der Waals surface area contributed by atoms with Gasteiger partial charge in [-0.05, 0) is 13.3 Å². The van der Waals surface area contributed by atoms with Crippen molar-refractivity contribution in [3.05, 3.63) is 6.92 Å². The fraction of sp³-hybridized carbons (Fsp3) is 0.778. The maximum Gasteiger partial charge on any atom is 0.409 e. The second-order valence-electron chi connectivity index (χ2n) is 2.57. The van der Waals surface area contributed by atoms with Gasteiger partial charge in [0.25, 0.3) is 0 Å². The SMILES string of the molecule is [CH2]C(OCC)OC(=O)NCCCC. The highest BCUT2D eigenvalue weighted by molar-refractivity contribution is 5.67. The molecule has 0 heterocycles. The number of hydrogen-bond donors (Lipinski definition) is 1. The molecule has 77 valence electrons. The molecule has 0 aromatic rings. The highest BCUT2D eigenvalue weighted by atomic mass is 16.7. The Kier molecular flexibility index (Phi) is 7.39. The molecule has 1 atom stereocenters. The third-order valence-electron chi connectivity index (χ3n) is 1.39. The number of rotatable bonds is 6. The van der Waals surface area contributed by atoms with E-state index in [1.165, 1.54) is 0 Å². The summed E-state index contributed by atoms with van der Waals surface area (Å²) in [5.41, 5.74) is 0. The van der Waals surface area contributed by atoms with Crippen LogP contribution in [0.1, 0.15) is 26.7 Å². The van der Waals surface area contributed by atoms with E-state index in [4.69, 9.17) is 9.47 Å². The molecule has 1 amide bonds. The number of carbonyl (C=O) groups is 1. The lowest BCUT2D eigenvalue weighted by Crippen LogP contribution is -2.29. The van der Waals surface area contributed by atoms with Crippen LogP contribution in [0.3, 0.4) is 0 Å². The Morgan fingerprint density at radius 1 is 1.54 bits per heavy atom. The summed E-state index contributed by atoms with van der Waals surface area (Å²) in [6, 6.07) is 0. The smallest absolute Gasteiger partial charge is 0.409 e. The van der Waals surface area contributed by atoms with Gasteiger partial charge in [0.1, 0.15) is 0 Å². The molecule has 13 heavy (non-hydrogen) atoms. The Hall–Kier alpha value is -0.770. The Bertz CT molecular complexity index is 139. The first kappa shape index (κ1) is 12.2. The van der Waals surface area contributed by atoms with E-state index in [0.29, 0.717) is 13.2 Å². The van der Waals surface area contributed by atoms with Crippen LogP contribution in [-0.4, -0.2) is 25.5 Å². The first-order chi connectivity index (χ1) is 6.20. The average molecular weight is 188 g/mol. The summed E-state index contributed by atoms with van der Waals surface area (Å²) in [6.07, 6.45) is 0.805. The van der Waals surface area contributed by atoms with Crippen molar-refractivity contribution in [2.24, 2.45) is 0 Å². The van der Waals surface area contributed by atoms with Crippen LogP contribution in [0, 0.1) is 6.92 Å². The number of carbonyl (C=O) groups excluding carboxylic acids is 1. The fourth-order valence-corrected chi connectivity index (χ4v) is 0.748. The molecule has 0 rings (SSSR count). The van der Waals surface area contributed by atoms with E-state index in [-0.39, 0.29) is 0 Å². The topological polar surface area (TPSA) is 47.6 Å². The molecular weight excluding hydrogens is 170 g/mol. The largest absolute Gasteiger partial charge is 0.420 e. The Morgan fingerprint density at radius 2 is 2.23 bits per heavy atom. The van der Waals surface area contributed by atoms with Gasteiger partial charge in [0.15, 0.2) is 0 Å². The van der Waals surface area contributed by atoms with E-state index in [2.05, 4.69) is 19.2 Å².